The molecule has 12 heteroatoms. The molecule has 0 bridgehead atoms. The van der Waals surface area contributed by atoms with E-state index in [0.29, 0.717) is 65.1 Å². The van der Waals surface area contributed by atoms with Crippen molar-refractivity contribution in [3.8, 4) is 20.9 Å². The zero-order chi connectivity index (χ0) is 42.5. The zero-order valence-corrected chi connectivity index (χ0v) is 39.7. The van der Waals surface area contributed by atoms with Crippen LogP contribution < -0.4 is 0 Å². The minimum Gasteiger partial charge on any atom is -0.396 e. The van der Waals surface area contributed by atoms with E-state index < -0.39 is 5.91 Å². The lowest BCUT2D eigenvalue weighted by Crippen LogP contribution is -2.41. The highest BCUT2D eigenvalue weighted by molar-refractivity contribution is 9.11. The molecule has 0 radical (unpaired) electrons. The molecule has 0 saturated heterocycles. The van der Waals surface area contributed by atoms with Crippen molar-refractivity contribution in [1.29, 1.82) is 0 Å². The van der Waals surface area contributed by atoms with E-state index in [1.165, 1.54) is 33.1 Å². The average Bonchev–Trinajstić information content (AvgIpc) is 3.79. The van der Waals surface area contributed by atoms with Gasteiger partial charge >= 0.3 is 0 Å². The Morgan fingerprint density at radius 2 is 1.22 bits per heavy atom. The number of unbranched alkanes of at least 4 members (excludes halogenated alkanes) is 12. The van der Waals surface area contributed by atoms with Crippen LogP contribution in [0.1, 0.15) is 164 Å². The van der Waals surface area contributed by atoms with E-state index in [0.717, 1.165) is 117 Å². The van der Waals surface area contributed by atoms with Crippen molar-refractivity contribution in [2.45, 2.75) is 136 Å². The van der Waals surface area contributed by atoms with Gasteiger partial charge in [-0.1, -0.05) is 78.1 Å². The Kier molecular flexibility index (Phi) is 18.8. The minimum atomic E-state index is -0.459. The van der Waals surface area contributed by atoms with Crippen LogP contribution in [-0.2, 0) is 17.6 Å². The molecule has 320 valence electrons. The van der Waals surface area contributed by atoms with Crippen LogP contribution in [0.25, 0.3) is 31.7 Å². The predicted octanol–water partition coefficient (Wildman–Crippen LogP) is 12.7. The van der Waals surface area contributed by atoms with Crippen LogP contribution in [0.15, 0.2) is 31.8 Å². The first kappa shape index (κ1) is 47.3. The molecule has 1 aliphatic heterocycles. The number of benzene rings is 2. The fraction of sp³-hybridized carbons (Fsp3) is 0.532. The second-order valence-corrected chi connectivity index (χ2v) is 20.5. The number of hydrogen-bond donors (Lipinski definition) is 2. The smallest absolute Gasteiger partial charge is 0.262 e. The van der Waals surface area contributed by atoms with Crippen LogP contribution in [0.5, 0.6) is 0 Å². The van der Waals surface area contributed by atoms with Crippen molar-refractivity contribution in [2.24, 2.45) is 0 Å². The number of aliphatic hydroxyl groups is 2. The Morgan fingerprint density at radius 1 is 0.678 bits per heavy atom. The first-order valence-corrected chi connectivity index (χ1v) is 24.9. The fourth-order valence-corrected chi connectivity index (χ4v) is 11.7. The summed E-state index contributed by atoms with van der Waals surface area (Å²) in [5.41, 5.74) is 5.51. The summed E-state index contributed by atoms with van der Waals surface area (Å²) in [6.45, 7) is 6.98. The monoisotopic (exact) mass is 970 g/mol. The van der Waals surface area contributed by atoms with Gasteiger partial charge in [-0.05, 0) is 136 Å². The average molecular weight is 973 g/mol. The Labute approximate surface area is 375 Å². The lowest BCUT2D eigenvalue weighted by Gasteiger charge is -2.31. The molecule has 3 heterocycles. The van der Waals surface area contributed by atoms with Gasteiger partial charge in [-0.2, -0.15) is 0 Å². The van der Waals surface area contributed by atoms with E-state index in [9.17, 15) is 29.4 Å². The third-order valence-corrected chi connectivity index (χ3v) is 15.4. The van der Waals surface area contributed by atoms with E-state index in [2.05, 4.69) is 57.8 Å². The summed E-state index contributed by atoms with van der Waals surface area (Å²) in [6, 6.07) is 8.08. The van der Waals surface area contributed by atoms with Gasteiger partial charge in [-0.25, -0.2) is 0 Å². The summed E-state index contributed by atoms with van der Waals surface area (Å²) in [6.07, 6.45) is 17.0. The number of thiophene rings is 2. The fourth-order valence-electron chi connectivity index (χ4n) is 8.14. The maximum atomic E-state index is 15.0. The molecule has 5 rings (SSSR count). The Morgan fingerprint density at radius 3 is 1.78 bits per heavy atom. The number of aryl methyl sites for hydroxylation is 3. The highest BCUT2D eigenvalue weighted by Crippen LogP contribution is 2.48. The largest absolute Gasteiger partial charge is 0.396 e. The standard InChI is InChI=1S/C47H60Br2N2O6S2/c1-4-6-8-14-20-32-27-37(58-43(32)48)34-26-31(3)39-40-36(45(55)51(47(57)42(34)40)23-17-11-13-19-25-53)29-35(38-28-33(44(49)59-38)21-15-9-7-5-2)41(39)46(56)50(30-54)22-16-10-12-18-24-52/h26-30,52-53H,4-25H2,1-3H3. The molecule has 0 fully saturated rings. The van der Waals surface area contributed by atoms with Gasteiger partial charge in [0.15, 0.2) is 0 Å². The number of aliphatic hydroxyl groups excluding tert-OH is 2. The molecule has 59 heavy (non-hydrogen) atoms. The van der Waals surface area contributed by atoms with Gasteiger partial charge in [0.05, 0.1) is 18.7 Å². The van der Waals surface area contributed by atoms with Crippen molar-refractivity contribution in [3.05, 3.63) is 65.2 Å². The number of amides is 4. The van der Waals surface area contributed by atoms with E-state index in [4.69, 9.17) is 0 Å². The Hall–Kier alpha value is -2.74. The van der Waals surface area contributed by atoms with Gasteiger partial charge in [-0.3, -0.25) is 29.0 Å². The van der Waals surface area contributed by atoms with Gasteiger partial charge in [0, 0.05) is 58.1 Å². The van der Waals surface area contributed by atoms with E-state index in [-0.39, 0.29) is 38.1 Å². The number of rotatable bonds is 26. The Bertz CT molecular complexity index is 2090. The van der Waals surface area contributed by atoms with E-state index in [1.54, 1.807) is 11.3 Å². The van der Waals surface area contributed by atoms with Crippen LogP contribution in [0.4, 0.5) is 0 Å². The number of hydrogen-bond acceptors (Lipinski definition) is 8. The van der Waals surface area contributed by atoms with E-state index in [1.807, 2.05) is 19.1 Å². The number of imide groups is 2. The summed E-state index contributed by atoms with van der Waals surface area (Å²) in [7, 11) is 0. The van der Waals surface area contributed by atoms with Gasteiger partial charge in [0.1, 0.15) is 0 Å². The van der Waals surface area contributed by atoms with Crippen LogP contribution in [0.2, 0.25) is 0 Å². The van der Waals surface area contributed by atoms with Crippen LogP contribution in [-0.4, -0.2) is 70.4 Å². The number of nitrogens with zero attached hydrogens (tertiary/aromatic N) is 2. The molecule has 0 atom stereocenters. The molecule has 2 N–H and O–H groups in total. The Balaban J connectivity index is 1.75. The number of halogens is 2. The van der Waals surface area contributed by atoms with Crippen LogP contribution in [0.3, 0.4) is 0 Å². The highest BCUT2D eigenvalue weighted by Gasteiger charge is 2.39. The van der Waals surface area contributed by atoms with Crippen molar-refractivity contribution in [1.82, 2.24) is 9.80 Å². The molecular formula is C47H60Br2N2O6S2. The minimum absolute atomic E-state index is 0.0971. The van der Waals surface area contributed by atoms with Crippen molar-refractivity contribution in [3.63, 3.8) is 0 Å². The highest BCUT2D eigenvalue weighted by atomic mass is 79.9. The summed E-state index contributed by atoms with van der Waals surface area (Å²) in [4.78, 5) is 61.8. The van der Waals surface area contributed by atoms with Crippen LogP contribution >= 0.6 is 54.5 Å². The topological polar surface area (TPSA) is 115 Å². The number of carbonyl (C=O) groups excluding carboxylic acids is 4. The maximum Gasteiger partial charge on any atom is 0.262 e. The molecule has 0 spiro atoms. The molecule has 4 aromatic rings. The summed E-state index contributed by atoms with van der Waals surface area (Å²) >= 11 is 10.7. The second-order valence-electron chi connectivity index (χ2n) is 15.8. The molecule has 0 saturated carbocycles. The molecule has 1 aliphatic rings. The number of carbonyl (C=O) groups is 4. The third-order valence-electron chi connectivity index (χ3n) is 11.4. The van der Waals surface area contributed by atoms with Gasteiger partial charge in [-0.15, -0.1) is 22.7 Å². The summed E-state index contributed by atoms with van der Waals surface area (Å²) < 4.78 is 2.00. The third kappa shape index (κ3) is 11.4. The molecule has 4 amide bonds. The molecule has 0 unspecified atom stereocenters. The maximum absolute atomic E-state index is 15.0. The molecule has 8 nitrogen and oxygen atoms in total. The quantitative estimate of drug-likeness (QED) is 0.0368. The van der Waals surface area contributed by atoms with E-state index >= 15 is 0 Å². The summed E-state index contributed by atoms with van der Waals surface area (Å²) in [5, 5.41) is 19.6. The second kappa shape index (κ2) is 23.5. The molecule has 0 aliphatic carbocycles. The SMILES string of the molecule is CCCCCCc1cc(-c2cc3c4c(c(-c5cc(CCCCCC)c(Br)s5)cc(C)c4c2C(=O)N(C=O)CCCCCCO)C(=O)N(CCCCCCO)C3=O)sc1Br. The normalized spacial score (nSPS) is 12.6. The van der Waals surface area contributed by atoms with Crippen molar-refractivity contribution < 1.29 is 29.4 Å². The lowest BCUT2D eigenvalue weighted by molar-refractivity contribution is -0.116. The van der Waals surface area contributed by atoms with Gasteiger partial charge < -0.3 is 10.2 Å². The van der Waals surface area contributed by atoms with Gasteiger partial charge in [0.25, 0.3) is 17.7 Å². The summed E-state index contributed by atoms with van der Waals surface area (Å²) in [5.74, 6) is -1.23. The first-order chi connectivity index (χ1) is 28.6. The first-order valence-electron chi connectivity index (χ1n) is 21.7. The molecule has 2 aromatic heterocycles. The lowest BCUT2D eigenvalue weighted by atomic mass is 9.82. The van der Waals surface area contributed by atoms with Gasteiger partial charge in [0.2, 0.25) is 6.41 Å². The van der Waals surface area contributed by atoms with Crippen LogP contribution in [0, 0.1) is 6.92 Å². The van der Waals surface area contributed by atoms with Crippen molar-refractivity contribution >= 4 is 89.4 Å². The molecule has 2 aromatic carbocycles. The predicted molar refractivity (Wildman–Crippen MR) is 250 cm³/mol. The molecular weight excluding hydrogens is 912 g/mol. The van der Waals surface area contributed by atoms with Crippen molar-refractivity contribution in [2.75, 3.05) is 26.3 Å². The zero-order valence-electron chi connectivity index (χ0n) is 34.9.